The Morgan fingerprint density at radius 1 is 1.52 bits per heavy atom. The molecule has 0 atom stereocenters. The first-order valence-electron chi connectivity index (χ1n) is 6.27. The van der Waals surface area contributed by atoms with Gasteiger partial charge in [0.2, 0.25) is 0 Å². The SMILES string of the molecule is CCOc1cc(/C=C2/SC(=NC)N(C)C2=O)c(Br)cc1O. The number of amidine groups is 1. The topological polar surface area (TPSA) is 62.1 Å². The molecule has 2 rings (SSSR count). The Morgan fingerprint density at radius 3 is 2.81 bits per heavy atom. The maximum Gasteiger partial charge on any atom is 0.266 e. The van der Waals surface area contributed by atoms with Gasteiger partial charge in [0.25, 0.3) is 5.91 Å². The highest BCUT2D eigenvalue weighted by Crippen LogP contribution is 2.37. The molecule has 1 heterocycles. The maximum absolute atomic E-state index is 12.1. The summed E-state index contributed by atoms with van der Waals surface area (Å²) in [6.07, 6.45) is 1.76. The van der Waals surface area contributed by atoms with Crippen LogP contribution in [-0.2, 0) is 4.79 Å². The van der Waals surface area contributed by atoms with Crippen LogP contribution in [0.4, 0.5) is 0 Å². The molecule has 21 heavy (non-hydrogen) atoms. The number of amides is 1. The number of likely N-dealkylation sites (N-methyl/N-ethyl adjacent to an activating group) is 1. The van der Waals surface area contributed by atoms with E-state index in [9.17, 15) is 9.90 Å². The van der Waals surface area contributed by atoms with Crippen molar-refractivity contribution in [2.45, 2.75) is 6.92 Å². The fraction of sp³-hybridized carbons (Fsp3) is 0.286. The van der Waals surface area contributed by atoms with Crippen molar-refractivity contribution in [3.8, 4) is 11.5 Å². The molecule has 1 amide bonds. The molecule has 0 unspecified atom stereocenters. The summed E-state index contributed by atoms with van der Waals surface area (Å²) >= 11 is 4.70. The van der Waals surface area contributed by atoms with Crippen molar-refractivity contribution in [1.29, 1.82) is 0 Å². The number of phenolic OH excluding ortho intramolecular Hbond substituents is 1. The number of aliphatic imine (C=N–C) groups is 1. The van der Waals surface area contributed by atoms with Gasteiger partial charge in [0.15, 0.2) is 16.7 Å². The smallest absolute Gasteiger partial charge is 0.266 e. The second-order valence-corrected chi connectivity index (χ2v) is 6.12. The lowest BCUT2D eigenvalue weighted by Crippen LogP contribution is -2.23. The average molecular weight is 371 g/mol. The summed E-state index contributed by atoms with van der Waals surface area (Å²) in [7, 11) is 3.34. The van der Waals surface area contributed by atoms with E-state index in [4.69, 9.17) is 4.74 Å². The van der Waals surface area contributed by atoms with E-state index in [0.717, 1.165) is 5.56 Å². The van der Waals surface area contributed by atoms with Crippen molar-refractivity contribution in [2.24, 2.45) is 4.99 Å². The van der Waals surface area contributed by atoms with Crippen LogP contribution in [0.25, 0.3) is 6.08 Å². The zero-order chi connectivity index (χ0) is 15.6. The van der Waals surface area contributed by atoms with Gasteiger partial charge < -0.3 is 9.84 Å². The molecule has 0 bridgehead atoms. The molecule has 1 N–H and O–H groups in total. The second-order valence-electron chi connectivity index (χ2n) is 4.26. The summed E-state index contributed by atoms with van der Waals surface area (Å²) in [6, 6.07) is 3.25. The van der Waals surface area contributed by atoms with E-state index in [2.05, 4.69) is 20.9 Å². The lowest BCUT2D eigenvalue weighted by Gasteiger charge is -2.09. The van der Waals surface area contributed by atoms with Crippen molar-refractivity contribution >= 4 is 44.8 Å². The van der Waals surface area contributed by atoms with Crippen LogP contribution in [0.1, 0.15) is 12.5 Å². The van der Waals surface area contributed by atoms with Gasteiger partial charge in [-0.05, 0) is 42.5 Å². The lowest BCUT2D eigenvalue weighted by molar-refractivity contribution is -0.121. The molecule has 1 saturated heterocycles. The Labute approximate surface area is 135 Å². The molecule has 0 spiro atoms. The minimum absolute atomic E-state index is 0.0594. The molecule has 0 aliphatic carbocycles. The molecule has 7 heteroatoms. The number of hydrogen-bond donors (Lipinski definition) is 1. The summed E-state index contributed by atoms with van der Waals surface area (Å²) < 4.78 is 6.05. The van der Waals surface area contributed by atoms with Crippen LogP contribution >= 0.6 is 27.7 Å². The number of phenols is 1. The Balaban J connectivity index is 2.41. The van der Waals surface area contributed by atoms with Crippen LogP contribution in [0.5, 0.6) is 11.5 Å². The number of aromatic hydroxyl groups is 1. The van der Waals surface area contributed by atoms with E-state index < -0.39 is 0 Å². The van der Waals surface area contributed by atoms with E-state index in [1.165, 1.54) is 16.7 Å². The fourth-order valence-electron chi connectivity index (χ4n) is 1.83. The number of ether oxygens (including phenoxy) is 1. The number of hydrogen-bond acceptors (Lipinski definition) is 5. The highest BCUT2D eigenvalue weighted by atomic mass is 79.9. The highest BCUT2D eigenvalue weighted by Gasteiger charge is 2.29. The number of thioether (sulfide) groups is 1. The van der Waals surface area contributed by atoms with Gasteiger partial charge in [-0.1, -0.05) is 15.9 Å². The highest BCUT2D eigenvalue weighted by molar-refractivity contribution is 9.10. The van der Waals surface area contributed by atoms with Crippen molar-refractivity contribution in [2.75, 3.05) is 20.7 Å². The van der Waals surface area contributed by atoms with Gasteiger partial charge in [0.05, 0.1) is 11.5 Å². The van der Waals surface area contributed by atoms with Crippen LogP contribution in [0.15, 0.2) is 26.5 Å². The van der Waals surface area contributed by atoms with Gasteiger partial charge in [-0.25, -0.2) is 0 Å². The third-order valence-corrected chi connectivity index (χ3v) is 4.70. The third kappa shape index (κ3) is 3.24. The van der Waals surface area contributed by atoms with Gasteiger partial charge in [-0.2, -0.15) is 0 Å². The van der Waals surface area contributed by atoms with Gasteiger partial charge in [0.1, 0.15) is 0 Å². The number of carbonyl (C=O) groups is 1. The minimum Gasteiger partial charge on any atom is -0.504 e. The van der Waals surface area contributed by atoms with E-state index in [1.54, 1.807) is 32.3 Å². The quantitative estimate of drug-likeness (QED) is 0.830. The summed E-state index contributed by atoms with van der Waals surface area (Å²) in [5.74, 6) is 0.350. The van der Waals surface area contributed by atoms with E-state index in [0.29, 0.717) is 26.9 Å². The molecular weight excluding hydrogens is 356 g/mol. The van der Waals surface area contributed by atoms with Crippen LogP contribution in [0, 0.1) is 0 Å². The Hall–Kier alpha value is -1.47. The molecule has 112 valence electrons. The Kier molecular flexibility index (Phi) is 4.95. The third-order valence-electron chi connectivity index (χ3n) is 2.86. The summed E-state index contributed by atoms with van der Waals surface area (Å²) in [6.45, 7) is 2.29. The van der Waals surface area contributed by atoms with E-state index in [1.807, 2.05) is 6.92 Å². The molecule has 1 aliphatic heterocycles. The fourth-order valence-corrected chi connectivity index (χ4v) is 3.19. The van der Waals surface area contributed by atoms with Crippen molar-refractivity contribution in [3.63, 3.8) is 0 Å². The van der Waals surface area contributed by atoms with Crippen molar-refractivity contribution < 1.29 is 14.6 Å². The Bertz CT molecular complexity index is 643. The molecule has 0 aromatic heterocycles. The van der Waals surface area contributed by atoms with Gasteiger partial charge in [0, 0.05) is 18.6 Å². The monoisotopic (exact) mass is 370 g/mol. The molecule has 1 aromatic rings. The van der Waals surface area contributed by atoms with Crippen molar-refractivity contribution in [3.05, 3.63) is 27.1 Å². The van der Waals surface area contributed by atoms with Gasteiger partial charge in [-0.3, -0.25) is 14.7 Å². The largest absolute Gasteiger partial charge is 0.504 e. The predicted molar refractivity (Wildman–Crippen MR) is 88.7 cm³/mol. The molecule has 0 radical (unpaired) electrons. The summed E-state index contributed by atoms with van der Waals surface area (Å²) in [5.41, 5.74) is 0.762. The van der Waals surface area contributed by atoms with Crippen LogP contribution < -0.4 is 4.74 Å². The molecule has 1 aliphatic rings. The second kappa shape index (κ2) is 6.53. The first-order valence-corrected chi connectivity index (χ1v) is 7.88. The predicted octanol–water partition coefficient (Wildman–Crippen LogP) is 3.09. The molecular formula is C14H15BrN2O3S. The number of rotatable bonds is 3. The Morgan fingerprint density at radius 2 is 2.24 bits per heavy atom. The first-order chi connectivity index (χ1) is 9.97. The lowest BCUT2D eigenvalue weighted by atomic mass is 10.2. The standard InChI is InChI=1S/C14H15BrN2O3S/c1-4-20-11-5-8(9(15)7-10(11)18)6-12-13(19)17(3)14(16-2)21-12/h5-7,18H,4H2,1-3H3/b12-6+,16-14?. The van der Waals surface area contributed by atoms with Gasteiger partial charge in [-0.15, -0.1) is 0 Å². The number of halogens is 1. The maximum atomic E-state index is 12.1. The normalized spacial score (nSPS) is 18.9. The van der Waals surface area contributed by atoms with Crippen LogP contribution in [0.2, 0.25) is 0 Å². The zero-order valence-corrected chi connectivity index (χ0v) is 14.3. The van der Waals surface area contributed by atoms with Crippen LogP contribution in [-0.4, -0.2) is 41.8 Å². The van der Waals surface area contributed by atoms with Crippen LogP contribution in [0.3, 0.4) is 0 Å². The number of benzene rings is 1. The summed E-state index contributed by atoms with van der Waals surface area (Å²) in [5, 5.41) is 10.5. The molecule has 1 aromatic carbocycles. The number of nitrogens with zero attached hydrogens (tertiary/aromatic N) is 2. The van der Waals surface area contributed by atoms with E-state index in [-0.39, 0.29) is 11.7 Å². The van der Waals surface area contributed by atoms with Crippen molar-refractivity contribution in [1.82, 2.24) is 4.90 Å². The average Bonchev–Trinajstić information content (AvgIpc) is 2.72. The molecule has 1 fully saturated rings. The first kappa shape index (κ1) is 15.9. The minimum atomic E-state index is -0.0986. The van der Waals surface area contributed by atoms with Gasteiger partial charge >= 0.3 is 0 Å². The molecule has 5 nitrogen and oxygen atoms in total. The summed E-state index contributed by atoms with van der Waals surface area (Å²) in [4.78, 5) is 18.3. The zero-order valence-electron chi connectivity index (χ0n) is 11.9. The number of carbonyl (C=O) groups excluding carboxylic acids is 1. The van der Waals surface area contributed by atoms with E-state index >= 15 is 0 Å². The molecule has 0 saturated carbocycles.